The Balaban J connectivity index is 2.36. The Bertz CT molecular complexity index is 728. The van der Waals surface area contributed by atoms with E-state index in [4.69, 9.17) is 0 Å². The first-order valence-corrected chi connectivity index (χ1v) is 8.92. The molecule has 0 aliphatic rings. The van der Waals surface area contributed by atoms with Crippen LogP contribution >= 0.6 is 43.2 Å². The number of hydrogen-bond acceptors (Lipinski definition) is 3. The van der Waals surface area contributed by atoms with Crippen molar-refractivity contribution in [2.24, 2.45) is 0 Å². The zero-order chi connectivity index (χ0) is 14.2. The largest absolute Gasteiger partial charge is 0.279 e. The van der Waals surface area contributed by atoms with Gasteiger partial charge in [-0.05, 0) is 63.0 Å². The molecule has 0 atom stereocenters. The third kappa shape index (κ3) is 3.36. The molecule has 0 amide bonds. The molecule has 0 radical (unpaired) electrons. The second-order valence-electron chi connectivity index (χ2n) is 3.71. The SMILES string of the molecule is Cc1sc(Br)cc1S(=O)(=O)Nc1ccc(Br)c(F)c1. The van der Waals surface area contributed by atoms with Gasteiger partial charge in [0, 0.05) is 4.88 Å². The zero-order valence-corrected chi connectivity index (χ0v) is 14.4. The summed E-state index contributed by atoms with van der Waals surface area (Å²) in [4.78, 5) is 0.852. The van der Waals surface area contributed by atoms with Crippen LogP contribution in [0.25, 0.3) is 0 Å². The summed E-state index contributed by atoms with van der Waals surface area (Å²) in [5.41, 5.74) is 0.183. The van der Waals surface area contributed by atoms with Crippen LogP contribution in [-0.2, 0) is 10.0 Å². The summed E-state index contributed by atoms with van der Waals surface area (Å²) >= 11 is 7.58. The van der Waals surface area contributed by atoms with E-state index in [0.717, 1.165) is 9.85 Å². The molecule has 1 N–H and O–H groups in total. The number of hydrogen-bond donors (Lipinski definition) is 1. The van der Waals surface area contributed by atoms with E-state index in [9.17, 15) is 12.8 Å². The van der Waals surface area contributed by atoms with Crippen LogP contribution < -0.4 is 4.72 Å². The average molecular weight is 429 g/mol. The molecule has 0 saturated heterocycles. The maximum absolute atomic E-state index is 13.4. The van der Waals surface area contributed by atoms with E-state index in [0.29, 0.717) is 4.88 Å². The summed E-state index contributed by atoms with van der Waals surface area (Å²) in [6.07, 6.45) is 0. The minimum Gasteiger partial charge on any atom is -0.279 e. The van der Waals surface area contributed by atoms with Gasteiger partial charge < -0.3 is 0 Å². The Hall–Kier alpha value is -0.440. The van der Waals surface area contributed by atoms with Gasteiger partial charge in [0.25, 0.3) is 10.0 Å². The summed E-state index contributed by atoms with van der Waals surface area (Å²) in [5.74, 6) is -0.525. The fourth-order valence-corrected chi connectivity index (χ4v) is 5.18. The van der Waals surface area contributed by atoms with Gasteiger partial charge in [0.05, 0.1) is 13.9 Å². The third-order valence-corrected chi connectivity index (χ3v) is 6.14. The summed E-state index contributed by atoms with van der Waals surface area (Å²) in [7, 11) is -3.70. The van der Waals surface area contributed by atoms with Gasteiger partial charge in [-0.25, -0.2) is 12.8 Å². The Morgan fingerprint density at radius 3 is 2.47 bits per heavy atom. The van der Waals surface area contributed by atoms with Crippen LogP contribution in [0.1, 0.15) is 4.88 Å². The second-order valence-corrected chi connectivity index (χ2v) is 8.85. The lowest BCUT2D eigenvalue weighted by Crippen LogP contribution is -2.13. The predicted molar refractivity (Wildman–Crippen MR) is 81.7 cm³/mol. The van der Waals surface area contributed by atoms with Gasteiger partial charge in [-0.15, -0.1) is 11.3 Å². The van der Waals surface area contributed by atoms with Crippen molar-refractivity contribution in [1.29, 1.82) is 0 Å². The van der Waals surface area contributed by atoms with Crippen molar-refractivity contribution in [2.45, 2.75) is 11.8 Å². The molecule has 0 unspecified atom stereocenters. The molecule has 0 bridgehead atoms. The average Bonchev–Trinajstić information content (AvgIpc) is 2.63. The Morgan fingerprint density at radius 1 is 1.26 bits per heavy atom. The van der Waals surface area contributed by atoms with E-state index >= 15 is 0 Å². The first kappa shape index (κ1) is 15.0. The summed E-state index contributed by atoms with van der Waals surface area (Å²) in [6, 6.07) is 5.58. The minimum absolute atomic E-state index is 0.183. The van der Waals surface area contributed by atoms with E-state index in [1.807, 2.05) is 0 Å². The molecule has 2 aromatic rings. The van der Waals surface area contributed by atoms with Gasteiger partial charge in [-0.3, -0.25) is 4.72 Å². The molecule has 2 rings (SSSR count). The standard InChI is InChI=1S/C11H8Br2FNO2S2/c1-6-10(5-11(13)18-6)19(16,17)15-7-2-3-8(12)9(14)4-7/h2-5,15H,1H3. The van der Waals surface area contributed by atoms with Crippen molar-refractivity contribution in [3.63, 3.8) is 0 Å². The molecule has 0 aliphatic carbocycles. The minimum atomic E-state index is -3.70. The molecule has 1 aromatic carbocycles. The van der Waals surface area contributed by atoms with Gasteiger partial charge in [0.15, 0.2) is 0 Å². The number of thiophene rings is 1. The van der Waals surface area contributed by atoms with Crippen LogP contribution in [0.5, 0.6) is 0 Å². The van der Waals surface area contributed by atoms with Crippen molar-refractivity contribution < 1.29 is 12.8 Å². The number of rotatable bonds is 3. The number of anilines is 1. The normalized spacial score (nSPS) is 11.6. The Labute approximate surface area is 131 Å². The molecular formula is C11H8Br2FNO2S2. The zero-order valence-electron chi connectivity index (χ0n) is 9.58. The van der Waals surface area contributed by atoms with Gasteiger partial charge in [0.2, 0.25) is 0 Å². The monoisotopic (exact) mass is 427 g/mol. The Morgan fingerprint density at radius 2 is 1.95 bits per heavy atom. The van der Waals surface area contributed by atoms with Crippen molar-refractivity contribution in [3.8, 4) is 0 Å². The number of sulfonamides is 1. The molecule has 1 aromatic heterocycles. The maximum Gasteiger partial charge on any atom is 0.263 e. The maximum atomic E-state index is 13.4. The second kappa shape index (κ2) is 5.51. The van der Waals surface area contributed by atoms with Crippen molar-refractivity contribution >= 4 is 58.9 Å². The molecule has 0 aliphatic heterocycles. The lowest BCUT2D eigenvalue weighted by atomic mass is 10.3. The van der Waals surface area contributed by atoms with E-state index < -0.39 is 15.8 Å². The highest BCUT2D eigenvalue weighted by Crippen LogP contribution is 2.31. The smallest absolute Gasteiger partial charge is 0.263 e. The molecule has 0 spiro atoms. The van der Waals surface area contributed by atoms with E-state index in [-0.39, 0.29) is 15.1 Å². The number of benzene rings is 1. The van der Waals surface area contributed by atoms with Crippen LogP contribution in [0.4, 0.5) is 10.1 Å². The molecule has 8 heteroatoms. The fraction of sp³-hybridized carbons (Fsp3) is 0.0909. The van der Waals surface area contributed by atoms with Crippen molar-refractivity contribution in [3.05, 3.63) is 43.2 Å². The molecule has 19 heavy (non-hydrogen) atoms. The van der Waals surface area contributed by atoms with E-state index in [2.05, 4.69) is 36.6 Å². The number of aryl methyl sites for hydroxylation is 1. The third-order valence-electron chi connectivity index (χ3n) is 2.30. The van der Waals surface area contributed by atoms with Crippen LogP contribution in [0, 0.1) is 12.7 Å². The van der Waals surface area contributed by atoms with Gasteiger partial charge in [0.1, 0.15) is 10.7 Å². The lowest BCUT2D eigenvalue weighted by molar-refractivity contribution is 0.601. The summed E-state index contributed by atoms with van der Waals surface area (Å²) in [5, 5.41) is 0. The van der Waals surface area contributed by atoms with E-state index in [1.165, 1.54) is 29.5 Å². The van der Waals surface area contributed by atoms with Gasteiger partial charge >= 0.3 is 0 Å². The molecule has 1 heterocycles. The van der Waals surface area contributed by atoms with Crippen LogP contribution in [0.3, 0.4) is 0 Å². The van der Waals surface area contributed by atoms with Crippen LogP contribution in [0.15, 0.2) is 37.4 Å². The van der Waals surface area contributed by atoms with Gasteiger partial charge in [-0.1, -0.05) is 0 Å². The highest BCUT2D eigenvalue weighted by molar-refractivity contribution is 9.11. The molecule has 3 nitrogen and oxygen atoms in total. The number of nitrogens with one attached hydrogen (secondary N) is 1. The molecule has 0 saturated carbocycles. The Kier molecular flexibility index (Phi) is 4.34. The summed E-state index contributed by atoms with van der Waals surface area (Å²) in [6.45, 7) is 1.71. The number of halogens is 3. The predicted octanol–water partition coefficient (Wildman–Crippen LogP) is 4.52. The first-order valence-electron chi connectivity index (χ1n) is 5.03. The molecular weight excluding hydrogens is 421 g/mol. The summed E-state index contributed by atoms with van der Waals surface area (Å²) < 4.78 is 41.1. The topological polar surface area (TPSA) is 46.2 Å². The van der Waals surface area contributed by atoms with E-state index in [1.54, 1.807) is 6.92 Å². The van der Waals surface area contributed by atoms with Crippen molar-refractivity contribution in [2.75, 3.05) is 4.72 Å². The van der Waals surface area contributed by atoms with Gasteiger partial charge in [-0.2, -0.15) is 0 Å². The van der Waals surface area contributed by atoms with Crippen molar-refractivity contribution in [1.82, 2.24) is 0 Å². The fourth-order valence-electron chi connectivity index (χ4n) is 1.47. The highest BCUT2D eigenvalue weighted by Gasteiger charge is 2.20. The van der Waals surface area contributed by atoms with Crippen LogP contribution in [0.2, 0.25) is 0 Å². The van der Waals surface area contributed by atoms with Crippen LogP contribution in [-0.4, -0.2) is 8.42 Å². The molecule has 0 fully saturated rings. The quantitative estimate of drug-likeness (QED) is 0.780. The highest BCUT2D eigenvalue weighted by atomic mass is 79.9. The first-order chi connectivity index (χ1) is 8.79. The molecule has 102 valence electrons. The lowest BCUT2D eigenvalue weighted by Gasteiger charge is -2.08.